The molecular weight excluding hydrogens is 1400 g/mol. The molecule has 0 saturated carbocycles. The number of rotatable bonds is 30. The summed E-state index contributed by atoms with van der Waals surface area (Å²) in [7, 11) is 29.8. The van der Waals surface area contributed by atoms with Gasteiger partial charge in [-0.1, -0.05) is 0 Å². The maximum absolute atomic E-state index is 13.5. The van der Waals surface area contributed by atoms with Gasteiger partial charge in [0.1, 0.15) is 171 Å². The van der Waals surface area contributed by atoms with Gasteiger partial charge in [0.2, 0.25) is 0 Å². The van der Waals surface area contributed by atoms with E-state index in [-0.39, 0.29) is 52.7 Å². The highest BCUT2D eigenvalue weighted by atomic mass is 32.1. The number of carbonyl (C=O) groups is 1. The number of hydrogen-bond donors (Lipinski definition) is 3. The van der Waals surface area contributed by atoms with Gasteiger partial charge in [0.25, 0.3) is 0 Å². The summed E-state index contributed by atoms with van der Waals surface area (Å²) in [5, 5.41) is 5.68. The van der Waals surface area contributed by atoms with Crippen molar-refractivity contribution in [1.29, 1.82) is 0 Å². The van der Waals surface area contributed by atoms with E-state index < -0.39 is 221 Å². The summed E-state index contributed by atoms with van der Waals surface area (Å²) in [6.45, 7) is -0.339. The van der Waals surface area contributed by atoms with Crippen molar-refractivity contribution in [3.8, 4) is 0 Å². The molecule has 21 rings (SSSR count). The maximum atomic E-state index is 13.5. The summed E-state index contributed by atoms with van der Waals surface area (Å²) >= 11 is 4.29. The molecule has 602 valence electrons. The third-order valence-corrected chi connectivity index (χ3v) is 20.1. The minimum Gasteiger partial charge on any atom is -0.382 e. The predicted molar refractivity (Wildman–Crippen MR) is 352 cm³/mol. The molecule has 14 bridgehead atoms. The van der Waals surface area contributed by atoms with Gasteiger partial charge in [-0.15, -0.1) is 0 Å². The largest absolute Gasteiger partial charge is 0.382 e. The van der Waals surface area contributed by atoms with Crippen LogP contribution >= 0.6 is 12.6 Å². The molecule has 21 saturated heterocycles. The summed E-state index contributed by atoms with van der Waals surface area (Å²) < 4.78 is 221. The highest BCUT2D eigenvalue weighted by Crippen LogP contribution is 2.43. The third kappa shape index (κ3) is 19.8. The zero-order valence-corrected chi connectivity index (χ0v) is 63.7. The SMILES string of the molecule is COC[C@H]1O[C@@H]2O[C@@H]3[C@@H](OC)[C@@H](OC)[C@@H](O[C@@H]4[C@@H](OC)[C@@H](OC)[C@@H](O[C@@H]5[C@@H](OC)[C@@H](OC)[C@@H](O[C@@H]6[C@@H](OC)[C@@H](OC)[C@@H](O[C@@H]7[C@@H](OC)[C@@H](OC)[C@@H](O[C@@H]8[C@@H](OC)[C@@H](OC)[C@@H](O[C@@H]1[C@@H](OC)[C@H]2OC)O[C@@H]8CNC(=O)NCCS)O[C@@H]7COC)O[C@@H]6COC)O[C@@H]5COC)O[C@@H]4COC)O[C@@H]3COC. The lowest BCUT2D eigenvalue weighted by molar-refractivity contribution is -0.402. The lowest BCUT2D eigenvalue weighted by Gasteiger charge is -2.52. The molecule has 0 aromatic rings. The number of thiol groups is 1. The molecule has 2 N–H and O–H groups in total. The molecule has 0 unspecified atom stereocenters. The van der Waals surface area contributed by atoms with Crippen LogP contribution in [-0.4, -0.2) is 422 Å². The van der Waals surface area contributed by atoms with E-state index >= 15 is 0 Å². The van der Waals surface area contributed by atoms with Gasteiger partial charge in [0, 0.05) is 161 Å². The van der Waals surface area contributed by atoms with Crippen LogP contribution in [0.5, 0.6) is 0 Å². The monoisotopic (exact) mass is 1520 g/mol. The van der Waals surface area contributed by atoms with Crippen molar-refractivity contribution in [3.05, 3.63) is 0 Å². The van der Waals surface area contributed by atoms with E-state index in [2.05, 4.69) is 23.3 Å². The Morgan fingerprint density at radius 2 is 0.408 bits per heavy atom. The lowest BCUT2D eigenvalue weighted by Crippen LogP contribution is -2.69. The Morgan fingerprint density at radius 1 is 0.243 bits per heavy atom. The molecule has 0 aromatic heterocycles. The second-order valence-electron chi connectivity index (χ2n) is 25.4. The van der Waals surface area contributed by atoms with Gasteiger partial charge in [-0.25, -0.2) is 4.79 Å². The summed E-state index contributed by atoms with van der Waals surface area (Å²) in [5.74, 6) is 0.363. The number of nitrogens with one attached hydrogen (secondary N) is 2. The average Bonchev–Trinajstić information content (AvgIpc) is 0.775. The first-order valence-corrected chi connectivity index (χ1v) is 34.8. The van der Waals surface area contributed by atoms with Crippen LogP contribution < -0.4 is 10.6 Å². The molecule has 21 fully saturated rings. The summed E-state index contributed by atoms with van der Waals surface area (Å²) in [6.07, 6.45) is -37.7. The zero-order valence-electron chi connectivity index (χ0n) is 62.8. The molecule has 0 spiro atoms. The van der Waals surface area contributed by atoms with Crippen LogP contribution in [0.1, 0.15) is 0 Å². The van der Waals surface area contributed by atoms with Gasteiger partial charge in [-0.05, 0) is 0 Å². The Balaban J connectivity index is 1.25. The molecule has 2 amide bonds. The van der Waals surface area contributed by atoms with Crippen molar-refractivity contribution in [2.24, 2.45) is 0 Å². The quantitative estimate of drug-likeness (QED) is 0.0661. The minimum absolute atomic E-state index is 0.0522. The molecule has 21 aliphatic rings. The molecule has 103 heavy (non-hydrogen) atoms. The van der Waals surface area contributed by atoms with Crippen molar-refractivity contribution in [3.63, 3.8) is 0 Å². The number of amides is 2. The second-order valence-corrected chi connectivity index (χ2v) is 25.8. The summed E-state index contributed by atoms with van der Waals surface area (Å²) in [4.78, 5) is 13.5. The third-order valence-electron chi connectivity index (χ3n) is 19.8. The predicted octanol–water partition coefficient (Wildman–Crippen LogP) is -1.91. The van der Waals surface area contributed by atoms with Crippen LogP contribution in [0, 0.1) is 0 Å². The molecule has 38 heteroatoms. The zero-order chi connectivity index (χ0) is 74.6. The first-order valence-electron chi connectivity index (χ1n) is 34.2. The second kappa shape index (κ2) is 43.2. The van der Waals surface area contributed by atoms with E-state index in [0.29, 0.717) is 5.75 Å². The molecule has 21 aliphatic heterocycles. The van der Waals surface area contributed by atoms with Crippen LogP contribution in [0.25, 0.3) is 0 Å². The Labute approximate surface area is 608 Å². The number of urea groups is 1. The van der Waals surface area contributed by atoms with Crippen LogP contribution in [-0.2, 0) is 161 Å². The number of ether oxygens (including phenoxy) is 34. The van der Waals surface area contributed by atoms with E-state index in [1.807, 2.05) is 0 Å². The normalized spacial score (nSPS) is 44.3. The molecule has 0 radical (unpaired) electrons. The standard InChI is InChI=1S/C65H116N2O35S/c1-69-24-31-38-45(76-8)53(84-16)60(91-31)99-40-33(26-71-3)93-62(55(86-18)47(40)78-10)101-42-35(28-73-5)95-64(57(88-20)49(42)80-12)102-43-36(29-74-6)94-63(56(87-19)50(43)81-13)100-41-34(27-72-4)92-61(54(85-17)48(41)79-11)98-39-32(25-70-2)90-59(52(83-15)46(39)77-9)96-37-30(23-67-65(68)66-21-22-103)89-58(97-38)51(82-14)44(37)75-7/h30-64,103H,21-29H2,1-20H3,(H2,66,67,68)/t30-,31-,32-,33-,34-,35-,36-,37+,38+,39+,40+,41+,42+,43+,44-,45-,46-,47-,48-,49-,50-,51-,52-,53-,54-,55-,56-,57-,58-,59-,60-,61-,62-,63-,64-/m1/s1. The Morgan fingerprint density at radius 3 is 0.563 bits per heavy atom. The summed E-state index contributed by atoms with van der Waals surface area (Å²) in [6, 6.07) is -0.528. The van der Waals surface area contributed by atoms with Crippen LogP contribution in [0.4, 0.5) is 4.79 Å². The van der Waals surface area contributed by atoms with Crippen LogP contribution in [0.2, 0.25) is 0 Å². The lowest BCUT2D eigenvalue weighted by atomic mass is 9.94. The van der Waals surface area contributed by atoms with Crippen molar-refractivity contribution < 1.29 is 166 Å². The van der Waals surface area contributed by atoms with E-state index in [1.165, 1.54) is 142 Å². The number of methoxy groups -OCH3 is 20. The fraction of sp³-hybridized carbons (Fsp3) is 0.985. The fourth-order valence-electron chi connectivity index (χ4n) is 15.1. The number of carbonyl (C=O) groups excluding carboxylic acids is 1. The van der Waals surface area contributed by atoms with Crippen molar-refractivity contribution in [1.82, 2.24) is 10.6 Å². The highest BCUT2D eigenvalue weighted by Gasteiger charge is 2.62. The van der Waals surface area contributed by atoms with Crippen molar-refractivity contribution in [2.75, 3.05) is 201 Å². The topological polar surface area (TPSA) is 355 Å². The fourth-order valence-corrected chi connectivity index (χ4v) is 15.3. The van der Waals surface area contributed by atoms with E-state index in [1.54, 1.807) is 0 Å². The van der Waals surface area contributed by atoms with Gasteiger partial charge in [-0.3, -0.25) is 0 Å². The highest BCUT2D eigenvalue weighted by molar-refractivity contribution is 7.80. The van der Waals surface area contributed by atoms with Gasteiger partial charge in [0.05, 0.1) is 39.6 Å². The Bertz CT molecular complexity index is 2370. The maximum Gasteiger partial charge on any atom is 0.314 e. The van der Waals surface area contributed by atoms with Crippen LogP contribution in [0.3, 0.4) is 0 Å². The molecular formula is C65H116N2O35S. The van der Waals surface area contributed by atoms with Crippen molar-refractivity contribution >= 4 is 18.7 Å². The van der Waals surface area contributed by atoms with E-state index in [4.69, 9.17) is 161 Å². The molecule has 0 aromatic carbocycles. The molecule has 37 nitrogen and oxygen atoms in total. The smallest absolute Gasteiger partial charge is 0.314 e. The Kier molecular flexibility index (Phi) is 36.4. The van der Waals surface area contributed by atoms with Gasteiger partial charge in [0.15, 0.2) is 44.0 Å². The average molecular weight is 1520 g/mol. The van der Waals surface area contributed by atoms with Gasteiger partial charge < -0.3 is 172 Å². The summed E-state index contributed by atoms with van der Waals surface area (Å²) in [5.41, 5.74) is 0. The van der Waals surface area contributed by atoms with Crippen molar-refractivity contribution in [2.45, 2.75) is 215 Å². The first-order chi connectivity index (χ1) is 50.1. The van der Waals surface area contributed by atoms with Crippen LogP contribution in [0.15, 0.2) is 0 Å². The van der Waals surface area contributed by atoms with Gasteiger partial charge >= 0.3 is 6.03 Å². The minimum atomic E-state index is -1.33. The number of hydrogen-bond acceptors (Lipinski definition) is 36. The molecule has 21 heterocycles. The molecule has 0 aliphatic carbocycles. The van der Waals surface area contributed by atoms with E-state index in [0.717, 1.165) is 0 Å². The van der Waals surface area contributed by atoms with Gasteiger partial charge in [-0.2, -0.15) is 12.6 Å². The molecule has 35 atom stereocenters. The Hall–Kier alpha value is -1.74. The first kappa shape index (κ1) is 86.8. The van der Waals surface area contributed by atoms with E-state index in [9.17, 15) is 4.79 Å².